The molecule has 0 aliphatic rings. The summed E-state index contributed by atoms with van der Waals surface area (Å²) >= 11 is 0. The molecule has 10 heavy (non-hydrogen) atoms. The van der Waals surface area contributed by atoms with Gasteiger partial charge < -0.3 is 11.5 Å². The van der Waals surface area contributed by atoms with Gasteiger partial charge in [-0.1, -0.05) is 12.8 Å². The van der Waals surface area contributed by atoms with E-state index in [-0.39, 0.29) is 12.1 Å². The maximum atomic E-state index is 5.65. The van der Waals surface area contributed by atoms with Crippen molar-refractivity contribution in [3.05, 3.63) is 0 Å². The smallest absolute Gasteiger partial charge is 0.0662 e. The summed E-state index contributed by atoms with van der Waals surface area (Å²) in [6.45, 7) is 2.06. The summed E-state index contributed by atoms with van der Waals surface area (Å²) < 4.78 is 0. The van der Waals surface area contributed by atoms with Crippen LogP contribution in [0.1, 0.15) is 26.2 Å². The molecule has 0 aromatic heterocycles. The fourth-order valence-corrected chi connectivity index (χ4v) is 0.681. The van der Waals surface area contributed by atoms with E-state index in [0.717, 1.165) is 19.3 Å². The Morgan fingerprint density at radius 3 is 2.40 bits per heavy atom. The molecule has 0 heterocycles. The Labute approximate surface area is 63.0 Å². The van der Waals surface area contributed by atoms with E-state index in [0.29, 0.717) is 0 Å². The molecule has 0 aromatic carbocycles. The topological polar surface area (TPSA) is 52.0 Å². The van der Waals surface area contributed by atoms with E-state index in [4.69, 9.17) is 17.9 Å². The fraction of sp³-hybridized carbons (Fsp3) is 0.750. The normalized spacial score (nSPS) is 15.8. The van der Waals surface area contributed by atoms with Gasteiger partial charge in [-0.05, 0) is 19.3 Å². The summed E-state index contributed by atoms with van der Waals surface area (Å²) in [5.74, 6) is 2.47. The van der Waals surface area contributed by atoms with Crippen LogP contribution in [0.15, 0.2) is 0 Å². The van der Waals surface area contributed by atoms with Crippen molar-refractivity contribution in [3.8, 4) is 12.3 Å². The number of rotatable bonds is 4. The fourth-order valence-electron chi connectivity index (χ4n) is 0.681. The van der Waals surface area contributed by atoms with Crippen molar-refractivity contribution in [1.29, 1.82) is 0 Å². The lowest BCUT2D eigenvalue weighted by molar-refractivity contribution is 0.550. The zero-order chi connectivity index (χ0) is 7.98. The standard InChI is InChI=1S/C8H16N2/c1-3-7(9)5-6-8(10)4-2/h1,7-8H,4-6,9-10H2,2H3. The third kappa shape index (κ3) is 4.37. The molecular formula is C8H16N2. The van der Waals surface area contributed by atoms with E-state index in [1.165, 1.54) is 0 Å². The summed E-state index contributed by atoms with van der Waals surface area (Å²) in [6, 6.07) is 0.150. The molecule has 2 nitrogen and oxygen atoms in total. The summed E-state index contributed by atoms with van der Waals surface area (Å²) in [5, 5.41) is 0. The molecule has 0 aliphatic carbocycles. The molecular weight excluding hydrogens is 124 g/mol. The van der Waals surface area contributed by atoms with Crippen LogP contribution in [0, 0.1) is 12.3 Å². The lowest BCUT2D eigenvalue weighted by atomic mass is 10.1. The highest BCUT2D eigenvalue weighted by molar-refractivity contribution is 4.96. The maximum Gasteiger partial charge on any atom is 0.0662 e. The molecule has 0 spiro atoms. The van der Waals surface area contributed by atoms with Gasteiger partial charge >= 0.3 is 0 Å². The van der Waals surface area contributed by atoms with Crippen LogP contribution < -0.4 is 11.5 Å². The zero-order valence-corrected chi connectivity index (χ0v) is 6.51. The summed E-state index contributed by atoms with van der Waals surface area (Å²) in [5.41, 5.74) is 11.1. The lowest BCUT2D eigenvalue weighted by Gasteiger charge is -2.09. The summed E-state index contributed by atoms with van der Waals surface area (Å²) in [7, 11) is 0. The first-order chi connectivity index (χ1) is 4.70. The van der Waals surface area contributed by atoms with Gasteiger partial charge in [0.05, 0.1) is 6.04 Å². The monoisotopic (exact) mass is 140 g/mol. The van der Waals surface area contributed by atoms with Gasteiger partial charge in [-0.15, -0.1) is 6.42 Å². The van der Waals surface area contributed by atoms with E-state index >= 15 is 0 Å². The molecule has 0 aliphatic heterocycles. The van der Waals surface area contributed by atoms with E-state index in [1.54, 1.807) is 0 Å². The quantitative estimate of drug-likeness (QED) is 0.557. The van der Waals surface area contributed by atoms with Gasteiger partial charge in [0.2, 0.25) is 0 Å². The van der Waals surface area contributed by atoms with Crippen LogP contribution in [-0.4, -0.2) is 12.1 Å². The Hall–Kier alpha value is -0.520. The van der Waals surface area contributed by atoms with Crippen LogP contribution in [0.3, 0.4) is 0 Å². The van der Waals surface area contributed by atoms with Gasteiger partial charge in [0.15, 0.2) is 0 Å². The first-order valence-electron chi connectivity index (χ1n) is 3.68. The molecule has 0 fully saturated rings. The molecule has 58 valence electrons. The predicted molar refractivity (Wildman–Crippen MR) is 44.3 cm³/mol. The molecule has 0 saturated heterocycles. The number of nitrogens with two attached hydrogens (primary N) is 2. The Morgan fingerprint density at radius 1 is 1.40 bits per heavy atom. The molecule has 0 saturated carbocycles. The Balaban J connectivity index is 3.28. The molecule has 0 rings (SSSR count). The second kappa shape index (κ2) is 5.28. The molecule has 0 aromatic rings. The van der Waals surface area contributed by atoms with E-state index < -0.39 is 0 Å². The van der Waals surface area contributed by atoms with Crippen LogP contribution >= 0.6 is 0 Å². The van der Waals surface area contributed by atoms with Gasteiger partial charge in [0.25, 0.3) is 0 Å². The summed E-state index contributed by atoms with van der Waals surface area (Å²) in [6.07, 6.45) is 7.85. The molecule has 0 radical (unpaired) electrons. The molecule has 4 N–H and O–H groups in total. The molecule has 2 atom stereocenters. The lowest BCUT2D eigenvalue weighted by Crippen LogP contribution is -2.24. The molecule has 0 amide bonds. The second-order valence-corrected chi connectivity index (χ2v) is 2.52. The van der Waals surface area contributed by atoms with Crippen molar-refractivity contribution in [2.45, 2.75) is 38.3 Å². The third-order valence-corrected chi connectivity index (χ3v) is 1.59. The van der Waals surface area contributed by atoms with E-state index in [2.05, 4.69) is 12.8 Å². The van der Waals surface area contributed by atoms with Gasteiger partial charge in [-0.25, -0.2) is 0 Å². The Bertz CT molecular complexity index is 115. The van der Waals surface area contributed by atoms with Crippen molar-refractivity contribution in [2.75, 3.05) is 0 Å². The van der Waals surface area contributed by atoms with Crippen LogP contribution in [0.4, 0.5) is 0 Å². The molecule has 2 unspecified atom stereocenters. The highest BCUT2D eigenvalue weighted by Gasteiger charge is 2.01. The minimum atomic E-state index is -0.113. The largest absolute Gasteiger partial charge is 0.328 e. The SMILES string of the molecule is C#CC(N)CCC(N)CC. The van der Waals surface area contributed by atoms with E-state index in [1.807, 2.05) is 0 Å². The third-order valence-electron chi connectivity index (χ3n) is 1.59. The molecule has 2 heteroatoms. The average Bonchev–Trinajstić information content (AvgIpc) is 1.99. The van der Waals surface area contributed by atoms with Crippen LogP contribution in [0.5, 0.6) is 0 Å². The summed E-state index contributed by atoms with van der Waals surface area (Å²) in [4.78, 5) is 0. The van der Waals surface area contributed by atoms with E-state index in [9.17, 15) is 0 Å². The minimum absolute atomic E-state index is 0.113. The second-order valence-electron chi connectivity index (χ2n) is 2.52. The minimum Gasteiger partial charge on any atom is -0.328 e. The highest BCUT2D eigenvalue weighted by atomic mass is 14.6. The number of hydrogen-bond donors (Lipinski definition) is 2. The van der Waals surface area contributed by atoms with Gasteiger partial charge in [-0.3, -0.25) is 0 Å². The highest BCUT2D eigenvalue weighted by Crippen LogP contribution is 1.99. The van der Waals surface area contributed by atoms with Crippen molar-refractivity contribution in [1.82, 2.24) is 0 Å². The van der Waals surface area contributed by atoms with Crippen molar-refractivity contribution in [2.24, 2.45) is 11.5 Å². The average molecular weight is 140 g/mol. The number of terminal acetylenes is 1. The van der Waals surface area contributed by atoms with Crippen LogP contribution in [0.2, 0.25) is 0 Å². The zero-order valence-electron chi connectivity index (χ0n) is 6.51. The van der Waals surface area contributed by atoms with Gasteiger partial charge in [-0.2, -0.15) is 0 Å². The first kappa shape index (κ1) is 9.48. The van der Waals surface area contributed by atoms with Crippen LogP contribution in [0.25, 0.3) is 0 Å². The van der Waals surface area contributed by atoms with Crippen LogP contribution in [-0.2, 0) is 0 Å². The van der Waals surface area contributed by atoms with Crippen molar-refractivity contribution in [3.63, 3.8) is 0 Å². The molecule has 0 bridgehead atoms. The van der Waals surface area contributed by atoms with Gasteiger partial charge in [0, 0.05) is 6.04 Å². The maximum absolute atomic E-state index is 5.65. The Morgan fingerprint density at radius 2 is 2.00 bits per heavy atom. The van der Waals surface area contributed by atoms with Crippen molar-refractivity contribution < 1.29 is 0 Å². The Kier molecular flexibility index (Phi) is 5.00. The number of hydrogen-bond acceptors (Lipinski definition) is 2. The first-order valence-corrected chi connectivity index (χ1v) is 3.68. The van der Waals surface area contributed by atoms with Crippen molar-refractivity contribution >= 4 is 0 Å². The van der Waals surface area contributed by atoms with Gasteiger partial charge in [0.1, 0.15) is 0 Å². The predicted octanol–water partition coefficient (Wildman–Crippen LogP) is 0.464.